The molecule has 1 aromatic heterocycles. The molecular formula is C21H27N5. The van der Waals surface area contributed by atoms with Crippen molar-refractivity contribution >= 4 is 11.5 Å². The number of anilines is 2. The molecule has 5 nitrogen and oxygen atoms in total. The molecule has 2 aromatic rings. The summed E-state index contributed by atoms with van der Waals surface area (Å²) in [6.07, 6.45) is 3.55. The first-order valence-electron chi connectivity index (χ1n) is 8.91. The van der Waals surface area contributed by atoms with Crippen LogP contribution in [0.2, 0.25) is 0 Å². The molecule has 0 saturated heterocycles. The summed E-state index contributed by atoms with van der Waals surface area (Å²) in [6.45, 7) is 10.1. The number of rotatable bonds is 5. The minimum atomic E-state index is 0.325. The molecule has 0 bridgehead atoms. The van der Waals surface area contributed by atoms with Crippen LogP contribution in [-0.4, -0.2) is 30.7 Å². The van der Waals surface area contributed by atoms with Gasteiger partial charge in [0.15, 0.2) is 0 Å². The fraction of sp³-hybridized carbons (Fsp3) is 0.333. The molecule has 1 aromatic carbocycles. The molecule has 0 amide bonds. The molecule has 26 heavy (non-hydrogen) atoms. The van der Waals surface area contributed by atoms with Crippen molar-refractivity contribution < 1.29 is 0 Å². The molecule has 3 rings (SSSR count). The molecule has 1 aliphatic heterocycles. The molecule has 1 aliphatic rings. The quantitative estimate of drug-likeness (QED) is 0.717. The van der Waals surface area contributed by atoms with Crippen LogP contribution in [0.5, 0.6) is 0 Å². The molecule has 2 atom stereocenters. The minimum Gasteiger partial charge on any atom is -0.380 e. The number of nitriles is 1. The average molecular weight is 349 g/mol. The van der Waals surface area contributed by atoms with Crippen molar-refractivity contribution in [2.75, 3.05) is 30.3 Å². The van der Waals surface area contributed by atoms with E-state index in [9.17, 15) is 0 Å². The summed E-state index contributed by atoms with van der Waals surface area (Å²) < 4.78 is 0. The van der Waals surface area contributed by atoms with E-state index in [1.807, 2.05) is 43.3 Å². The Morgan fingerprint density at radius 3 is 2.81 bits per heavy atom. The highest BCUT2D eigenvalue weighted by Crippen LogP contribution is 2.22. The standard InChI is InChI=1S/C18H21N5.C3H6/c1-13(15-6-4-14(9-19)5-7-15)10-20-11-16-12-22-17-3-2-8-21-18(17)23-16;1-3-2/h2-8,13,16,20,22H,10-12H2,1H3,(H,21,23);3H,1H2,2H3. The number of fused-ring (bicyclic) bond motifs is 1. The largest absolute Gasteiger partial charge is 0.380 e. The van der Waals surface area contributed by atoms with E-state index in [2.05, 4.69) is 40.5 Å². The van der Waals surface area contributed by atoms with Gasteiger partial charge in [0.1, 0.15) is 5.82 Å². The highest BCUT2D eigenvalue weighted by Gasteiger charge is 2.17. The fourth-order valence-electron chi connectivity index (χ4n) is 2.74. The van der Waals surface area contributed by atoms with Gasteiger partial charge in [-0.2, -0.15) is 5.26 Å². The average Bonchev–Trinajstić information content (AvgIpc) is 2.68. The van der Waals surface area contributed by atoms with Crippen molar-refractivity contribution in [1.29, 1.82) is 5.26 Å². The van der Waals surface area contributed by atoms with E-state index in [0.29, 0.717) is 17.5 Å². The lowest BCUT2D eigenvalue weighted by atomic mass is 10.00. The Balaban J connectivity index is 0.000000758. The molecule has 0 aliphatic carbocycles. The van der Waals surface area contributed by atoms with Crippen LogP contribution in [0.3, 0.4) is 0 Å². The Hall–Kier alpha value is -2.84. The third-order valence-corrected chi connectivity index (χ3v) is 4.14. The number of aromatic nitrogens is 1. The maximum Gasteiger partial charge on any atom is 0.149 e. The van der Waals surface area contributed by atoms with Crippen LogP contribution in [0.1, 0.15) is 30.9 Å². The normalized spacial score (nSPS) is 15.8. The van der Waals surface area contributed by atoms with Crippen LogP contribution in [0.15, 0.2) is 55.3 Å². The fourth-order valence-corrected chi connectivity index (χ4v) is 2.74. The Morgan fingerprint density at radius 2 is 2.12 bits per heavy atom. The first kappa shape index (κ1) is 19.5. The number of nitrogens with zero attached hydrogens (tertiary/aromatic N) is 2. The molecule has 3 N–H and O–H groups in total. The van der Waals surface area contributed by atoms with E-state index in [1.54, 1.807) is 12.3 Å². The van der Waals surface area contributed by atoms with E-state index in [0.717, 1.165) is 31.1 Å². The van der Waals surface area contributed by atoms with E-state index in [-0.39, 0.29) is 0 Å². The van der Waals surface area contributed by atoms with Gasteiger partial charge in [-0.25, -0.2) is 4.98 Å². The van der Waals surface area contributed by atoms with Crippen molar-refractivity contribution in [3.8, 4) is 6.07 Å². The molecular weight excluding hydrogens is 322 g/mol. The zero-order chi connectivity index (χ0) is 18.8. The van der Waals surface area contributed by atoms with E-state index in [4.69, 9.17) is 5.26 Å². The number of hydrogen-bond donors (Lipinski definition) is 3. The third kappa shape index (κ3) is 5.61. The number of nitrogens with one attached hydrogen (secondary N) is 3. The number of hydrogen-bond acceptors (Lipinski definition) is 5. The van der Waals surface area contributed by atoms with Gasteiger partial charge in [-0.3, -0.25) is 0 Å². The Morgan fingerprint density at radius 1 is 1.38 bits per heavy atom. The van der Waals surface area contributed by atoms with Crippen molar-refractivity contribution in [1.82, 2.24) is 10.3 Å². The van der Waals surface area contributed by atoms with Gasteiger partial charge in [-0.05, 0) is 42.7 Å². The summed E-state index contributed by atoms with van der Waals surface area (Å²) in [5.74, 6) is 1.33. The zero-order valence-corrected chi connectivity index (χ0v) is 15.5. The van der Waals surface area contributed by atoms with Crippen molar-refractivity contribution in [2.45, 2.75) is 25.8 Å². The summed E-state index contributed by atoms with van der Waals surface area (Å²) in [6, 6.07) is 14.3. The third-order valence-electron chi connectivity index (χ3n) is 4.14. The monoisotopic (exact) mass is 349 g/mol. The molecule has 0 radical (unpaired) electrons. The van der Waals surface area contributed by atoms with Crippen molar-refractivity contribution in [3.05, 3.63) is 66.4 Å². The molecule has 0 spiro atoms. The highest BCUT2D eigenvalue weighted by atomic mass is 15.1. The predicted octanol–water partition coefficient (Wildman–Crippen LogP) is 3.74. The van der Waals surface area contributed by atoms with Gasteiger partial charge in [0.2, 0.25) is 0 Å². The highest BCUT2D eigenvalue weighted by molar-refractivity contribution is 5.66. The summed E-state index contributed by atoms with van der Waals surface area (Å²) in [7, 11) is 0. The smallest absolute Gasteiger partial charge is 0.149 e. The van der Waals surface area contributed by atoms with Gasteiger partial charge in [0, 0.05) is 25.8 Å². The summed E-state index contributed by atoms with van der Waals surface area (Å²) in [5, 5.41) is 19.2. The SMILES string of the molecule is C=CC.CC(CNCC1CNc2cccnc2N1)c1ccc(C#N)cc1. The lowest BCUT2D eigenvalue weighted by Gasteiger charge is -2.28. The lowest BCUT2D eigenvalue weighted by Crippen LogP contribution is -2.42. The van der Waals surface area contributed by atoms with Gasteiger partial charge in [-0.15, -0.1) is 6.58 Å². The number of benzene rings is 1. The second-order valence-corrected chi connectivity index (χ2v) is 6.32. The van der Waals surface area contributed by atoms with Gasteiger partial charge in [0.25, 0.3) is 0 Å². The first-order valence-corrected chi connectivity index (χ1v) is 8.91. The lowest BCUT2D eigenvalue weighted by molar-refractivity contribution is 0.572. The van der Waals surface area contributed by atoms with Crippen molar-refractivity contribution in [3.63, 3.8) is 0 Å². The second-order valence-electron chi connectivity index (χ2n) is 6.32. The van der Waals surface area contributed by atoms with Crippen LogP contribution >= 0.6 is 0 Å². The Bertz CT molecular complexity index is 733. The van der Waals surface area contributed by atoms with Crippen LogP contribution < -0.4 is 16.0 Å². The predicted molar refractivity (Wildman–Crippen MR) is 108 cm³/mol. The van der Waals surface area contributed by atoms with Gasteiger partial charge in [-0.1, -0.05) is 25.1 Å². The summed E-state index contributed by atoms with van der Waals surface area (Å²) in [4.78, 5) is 4.35. The molecule has 136 valence electrons. The van der Waals surface area contributed by atoms with Crippen molar-refractivity contribution in [2.24, 2.45) is 0 Å². The molecule has 5 heteroatoms. The van der Waals surface area contributed by atoms with Crippen LogP contribution in [0.4, 0.5) is 11.5 Å². The van der Waals surface area contributed by atoms with E-state index >= 15 is 0 Å². The maximum absolute atomic E-state index is 8.84. The van der Waals surface area contributed by atoms with E-state index in [1.165, 1.54) is 5.56 Å². The van der Waals surface area contributed by atoms with Gasteiger partial charge in [0.05, 0.1) is 23.4 Å². The van der Waals surface area contributed by atoms with Crippen LogP contribution in [0, 0.1) is 11.3 Å². The zero-order valence-electron chi connectivity index (χ0n) is 15.5. The molecule has 2 heterocycles. The van der Waals surface area contributed by atoms with Gasteiger partial charge < -0.3 is 16.0 Å². The Labute approximate surface area is 156 Å². The second kappa shape index (κ2) is 10.2. The Kier molecular flexibility index (Phi) is 7.66. The van der Waals surface area contributed by atoms with Crippen LogP contribution in [-0.2, 0) is 0 Å². The van der Waals surface area contributed by atoms with Crippen LogP contribution in [0.25, 0.3) is 0 Å². The van der Waals surface area contributed by atoms with E-state index < -0.39 is 0 Å². The number of allylic oxidation sites excluding steroid dienone is 1. The summed E-state index contributed by atoms with van der Waals surface area (Å²) >= 11 is 0. The molecule has 2 unspecified atom stereocenters. The minimum absolute atomic E-state index is 0.325. The summed E-state index contributed by atoms with van der Waals surface area (Å²) in [5.41, 5.74) is 3.02. The van der Waals surface area contributed by atoms with Gasteiger partial charge >= 0.3 is 0 Å². The molecule has 0 fully saturated rings. The number of pyridine rings is 1. The maximum atomic E-state index is 8.84. The first-order chi connectivity index (χ1) is 12.7. The topological polar surface area (TPSA) is 72.8 Å². The molecule has 0 saturated carbocycles.